The van der Waals surface area contributed by atoms with Gasteiger partial charge in [0.25, 0.3) is 0 Å². The van der Waals surface area contributed by atoms with Crippen molar-refractivity contribution in [2.75, 3.05) is 39.0 Å². The van der Waals surface area contributed by atoms with Crippen molar-refractivity contribution in [1.29, 1.82) is 0 Å². The maximum atomic E-state index is 12.1. The summed E-state index contributed by atoms with van der Waals surface area (Å²) in [6.07, 6.45) is 0.833. The summed E-state index contributed by atoms with van der Waals surface area (Å²) in [4.78, 5) is 27.4. The van der Waals surface area contributed by atoms with Crippen molar-refractivity contribution in [3.05, 3.63) is 28.8 Å². The van der Waals surface area contributed by atoms with Crippen molar-refractivity contribution in [2.45, 2.75) is 20.3 Å². The molecular formula is C16H24ClN3O2. The SMILES string of the molecule is CC(=O)N(CCCN(C)C)CC(=O)Nc1ccc(Cl)cc1C. The normalized spacial score (nSPS) is 10.6. The highest BCUT2D eigenvalue weighted by Gasteiger charge is 2.14. The average molecular weight is 326 g/mol. The van der Waals surface area contributed by atoms with Gasteiger partial charge in [-0.1, -0.05) is 11.6 Å². The number of hydrogen-bond acceptors (Lipinski definition) is 3. The zero-order valence-corrected chi connectivity index (χ0v) is 14.4. The standard InChI is InChI=1S/C16H24ClN3O2/c1-12-10-14(17)6-7-15(12)18-16(22)11-20(13(2)21)9-5-8-19(3)4/h6-7,10H,5,8-9,11H2,1-4H3,(H,18,22). The molecule has 2 amide bonds. The minimum absolute atomic E-state index is 0.0603. The predicted octanol–water partition coefficient (Wildman–Crippen LogP) is 2.39. The molecule has 1 N–H and O–H groups in total. The van der Waals surface area contributed by atoms with Gasteiger partial charge in [-0.3, -0.25) is 9.59 Å². The van der Waals surface area contributed by atoms with E-state index in [-0.39, 0.29) is 18.4 Å². The number of amides is 2. The number of carbonyl (C=O) groups excluding carboxylic acids is 2. The number of hydrogen-bond donors (Lipinski definition) is 1. The number of benzene rings is 1. The molecule has 0 fully saturated rings. The first-order valence-electron chi connectivity index (χ1n) is 7.26. The first-order chi connectivity index (χ1) is 10.3. The molecule has 1 aromatic rings. The number of nitrogens with zero attached hydrogens (tertiary/aromatic N) is 2. The Balaban J connectivity index is 2.57. The van der Waals surface area contributed by atoms with Gasteiger partial charge in [0.2, 0.25) is 11.8 Å². The summed E-state index contributed by atoms with van der Waals surface area (Å²) in [5.41, 5.74) is 1.61. The van der Waals surface area contributed by atoms with Crippen LogP contribution in [0, 0.1) is 6.92 Å². The summed E-state index contributed by atoms with van der Waals surface area (Å²) < 4.78 is 0. The molecule has 1 rings (SSSR count). The van der Waals surface area contributed by atoms with Crippen LogP contribution in [0.4, 0.5) is 5.69 Å². The Morgan fingerprint density at radius 2 is 1.91 bits per heavy atom. The lowest BCUT2D eigenvalue weighted by molar-refractivity contribution is -0.132. The van der Waals surface area contributed by atoms with Crippen molar-refractivity contribution in [1.82, 2.24) is 9.80 Å². The summed E-state index contributed by atoms with van der Waals surface area (Å²) >= 11 is 5.89. The Hall–Kier alpha value is -1.59. The predicted molar refractivity (Wildman–Crippen MR) is 90.2 cm³/mol. The van der Waals surface area contributed by atoms with E-state index in [1.54, 1.807) is 23.1 Å². The third-order valence-electron chi connectivity index (χ3n) is 3.28. The summed E-state index contributed by atoms with van der Waals surface area (Å²) in [5, 5.41) is 3.45. The Kier molecular flexibility index (Phi) is 7.35. The van der Waals surface area contributed by atoms with E-state index in [2.05, 4.69) is 10.2 Å². The molecule has 0 bridgehead atoms. The molecule has 22 heavy (non-hydrogen) atoms. The topological polar surface area (TPSA) is 52.7 Å². The molecule has 0 unspecified atom stereocenters. The number of carbonyl (C=O) groups is 2. The molecule has 0 aliphatic heterocycles. The van der Waals surface area contributed by atoms with E-state index in [1.165, 1.54) is 6.92 Å². The van der Waals surface area contributed by atoms with Crippen molar-refractivity contribution in [2.24, 2.45) is 0 Å². The largest absolute Gasteiger partial charge is 0.334 e. The van der Waals surface area contributed by atoms with Gasteiger partial charge in [-0.15, -0.1) is 0 Å². The van der Waals surface area contributed by atoms with Crippen molar-refractivity contribution in [3.8, 4) is 0 Å². The highest BCUT2D eigenvalue weighted by atomic mass is 35.5. The minimum atomic E-state index is -0.203. The van der Waals surface area contributed by atoms with Gasteiger partial charge >= 0.3 is 0 Å². The Morgan fingerprint density at radius 3 is 2.45 bits per heavy atom. The van der Waals surface area contributed by atoms with E-state index >= 15 is 0 Å². The molecule has 0 aliphatic rings. The highest BCUT2D eigenvalue weighted by Crippen LogP contribution is 2.19. The molecule has 6 heteroatoms. The molecule has 0 spiro atoms. The zero-order valence-electron chi connectivity index (χ0n) is 13.6. The van der Waals surface area contributed by atoms with Crippen LogP contribution in [0.3, 0.4) is 0 Å². The van der Waals surface area contributed by atoms with Gasteiger partial charge in [0.1, 0.15) is 0 Å². The first-order valence-corrected chi connectivity index (χ1v) is 7.63. The summed E-state index contributed by atoms with van der Waals surface area (Å²) in [7, 11) is 3.96. The second kappa shape index (κ2) is 8.76. The summed E-state index contributed by atoms with van der Waals surface area (Å²) in [6, 6.07) is 5.28. The van der Waals surface area contributed by atoms with Crippen LogP contribution in [0.2, 0.25) is 5.02 Å². The molecule has 0 radical (unpaired) electrons. The number of halogens is 1. The quantitative estimate of drug-likeness (QED) is 0.837. The Morgan fingerprint density at radius 1 is 1.23 bits per heavy atom. The zero-order chi connectivity index (χ0) is 16.7. The second-order valence-electron chi connectivity index (χ2n) is 5.60. The van der Waals surface area contributed by atoms with E-state index in [9.17, 15) is 9.59 Å². The van der Waals surface area contributed by atoms with Crippen LogP contribution in [-0.2, 0) is 9.59 Å². The third kappa shape index (κ3) is 6.45. The van der Waals surface area contributed by atoms with Gasteiger partial charge in [0, 0.05) is 24.2 Å². The van der Waals surface area contributed by atoms with Crippen LogP contribution < -0.4 is 5.32 Å². The second-order valence-corrected chi connectivity index (χ2v) is 6.04. The fraction of sp³-hybridized carbons (Fsp3) is 0.500. The average Bonchev–Trinajstić information content (AvgIpc) is 2.40. The van der Waals surface area contributed by atoms with Gasteiger partial charge in [0.05, 0.1) is 6.54 Å². The van der Waals surface area contributed by atoms with Crippen LogP contribution in [0.25, 0.3) is 0 Å². The first kappa shape index (κ1) is 18.5. The molecule has 0 saturated carbocycles. The van der Waals surface area contributed by atoms with Crippen LogP contribution in [0.15, 0.2) is 18.2 Å². The fourth-order valence-corrected chi connectivity index (χ4v) is 2.28. The van der Waals surface area contributed by atoms with Gasteiger partial charge in [-0.05, 0) is 57.7 Å². The lowest BCUT2D eigenvalue weighted by Gasteiger charge is -2.21. The van der Waals surface area contributed by atoms with Crippen molar-refractivity contribution < 1.29 is 9.59 Å². The number of nitrogens with one attached hydrogen (secondary N) is 1. The summed E-state index contributed by atoms with van der Waals surface area (Å²) in [5.74, 6) is -0.299. The third-order valence-corrected chi connectivity index (χ3v) is 3.51. The van der Waals surface area contributed by atoms with E-state index in [1.807, 2.05) is 21.0 Å². The number of aryl methyl sites for hydroxylation is 1. The molecule has 1 aromatic carbocycles. The van der Waals surface area contributed by atoms with Gasteiger partial charge in [0.15, 0.2) is 0 Å². The smallest absolute Gasteiger partial charge is 0.244 e. The van der Waals surface area contributed by atoms with Gasteiger partial charge in [-0.25, -0.2) is 0 Å². The molecular weight excluding hydrogens is 302 g/mol. The van der Waals surface area contributed by atoms with Gasteiger partial charge in [-0.2, -0.15) is 0 Å². The number of rotatable bonds is 7. The molecule has 0 heterocycles. The Labute approximate surface area is 137 Å². The lowest BCUT2D eigenvalue weighted by atomic mass is 10.2. The Bertz CT molecular complexity index is 532. The van der Waals surface area contributed by atoms with E-state index < -0.39 is 0 Å². The monoisotopic (exact) mass is 325 g/mol. The van der Waals surface area contributed by atoms with Crippen LogP contribution in [-0.4, -0.2) is 55.3 Å². The minimum Gasteiger partial charge on any atom is -0.334 e. The molecule has 0 atom stereocenters. The van der Waals surface area contributed by atoms with Crippen LogP contribution in [0.1, 0.15) is 18.9 Å². The highest BCUT2D eigenvalue weighted by molar-refractivity contribution is 6.30. The summed E-state index contributed by atoms with van der Waals surface area (Å²) in [6.45, 7) is 4.87. The maximum absolute atomic E-state index is 12.1. The molecule has 122 valence electrons. The molecule has 0 aromatic heterocycles. The van der Waals surface area contributed by atoms with E-state index in [0.29, 0.717) is 17.3 Å². The van der Waals surface area contributed by atoms with Crippen LogP contribution in [0.5, 0.6) is 0 Å². The maximum Gasteiger partial charge on any atom is 0.244 e. The molecule has 0 saturated heterocycles. The molecule has 5 nitrogen and oxygen atoms in total. The molecule has 0 aliphatic carbocycles. The van der Waals surface area contributed by atoms with E-state index in [4.69, 9.17) is 11.6 Å². The number of anilines is 1. The van der Waals surface area contributed by atoms with Crippen molar-refractivity contribution in [3.63, 3.8) is 0 Å². The van der Waals surface area contributed by atoms with Crippen molar-refractivity contribution >= 4 is 29.1 Å². The van der Waals surface area contributed by atoms with Gasteiger partial charge < -0.3 is 15.1 Å². The fourth-order valence-electron chi connectivity index (χ4n) is 2.06. The van der Waals surface area contributed by atoms with Crippen LogP contribution >= 0.6 is 11.6 Å². The van der Waals surface area contributed by atoms with E-state index in [0.717, 1.165) is 18.5 Å². The lowest BCUT2D eigenvalue weighted by Crippen LogP contribution is -2.38.